The quantitative estimate of drug-likeness (QED) is 0.161. The average molecular weight is 742 g/mol. The highest BCUT2D eigenvalue weighted by Crippen LogP contribution is 2.48. The summed E-state index contributed by atoms with van der Waals surface area (Å²) in [6.45, 7) is 0. The molecular weight excluding hydrogens is 703 g/mol. The van der Waals surface area contributed by atoms with Gasteiger partial charge in [0.1, 0.15) is 11.5 Å². The lowest BCUT2D eigenvalue weighted by molar-refractivity contribution is 0.487. The lowest BCUT2D eigenvalue weighted by Crippen LogP contribution is -2.18. The Morgan fingerprint density at radius 3 is 1.74 bits per heavy atom. The summed E-state index contributed by atoms with van der Waals surface area (Å²) in [5.74, 6) is 1.81. The van der Waals surface area contributed by atoms with Gasteiger partial charge in [0.2, 0.25) is 0 Å². The second-order valence-electron chi connectivity index (χ2n) is 15.2. The third-order valence-corrected chi connectivity index (χ3v) is 11.8. The molecule has 2 aliphatic rings. The fourth-order valence-corrected chi connectivity index (χ4v) is 8.88. The number of benzene rings is 9. The van der Waals surface area contributed by atoms with Crippen molar-refractivity contribution < 1.29 is 4.74 Å². The fraction of sp³-hybridized carbons (Fsp3) is 0.0357. The first-order chi connectivity index (χ1) is 28.7. The van der Waals surface area contributed by atoms with Crippen LogP contribution in [0.5, 0.6) is 11.5 Å². The highest BCUT2D eigenvalue weighted by Gasteiger charge is 2.22. The predicted molar refractivity (Wildman–Crippen MR) is 244 cm³/mol. The predicted octanol–water partition coefficient (Wildman–Crippen LogP) is 15.7. The van der Waals surface area contributed by atoms with Gasteiger partial charge in [0.05, 0.1) is 0 Å². The van der Waals surface area contributed by atoms with Gasteiger partial charge in [-0.05, 0) is 128 Å². The van der Waals surface area contributed by atoms with Crippen molar-refractivity contribution in [2.45, 2.75) is 12.8 Å². The molecule has 0 radical (unpaired) electrons. The van der Waals surface area contributed by atoms with E-state index in [1.807, 2.05) is 0 Å². The topological polar surface area (TPSA) is 12.5 Å². The fourth-order valence-electron chi connectivity index (χ4n) is 8.88. The van der Waals surface area contributed by atoms with E-state index in [2.05, 4.69) is 217 Å². The summed E-state index contributed by atoms with van der Waals surface area (Å²) >= 11 is 0. The molecule has 2 heteroatoms. The maximum Gasteiger partial charge on any atom is 0.135 e. The van der Waals surface area contributed by atoms with Gasteiger partial charge >= 0.3 is 0 Å². The van der Waals surface area contributed by atoms with Crippen LogP contribution in [0.1, 0.15) is 18.4 Å². The number of hydrogen-bond donors (Lipinski definition) is 0. The molecule has 0 amide bonds. The molecule has 2 nitrogen and oxygen atoms in total. The molecule has 0 unspecified atom stereocenters. The van der Waals surface area contributed by atoms with Crippen LogP contribution >= 0.6 is 0 Å². The Morgan fingerprint density at radius 2 is 0.966 bits per heavy atom. The maximum atomic E-state index is 6.45. The molecule has 9 aromatic rings. The summed E-state index contributed by atoms with van der Waals surface area (Å²) in [4.78, 5) is 2.45. The summed E-state index contributed by atoms with van der Waals surface area (Å²) in [6, 6.07) is 72.2. The highest BCUT2D eigenvalue weighted by atomic mass is 16.5. The lowest BCUT2D eigenvalue weighted by atomic mass is 9.91. The summed E-state index contributed by atoms with van der Waals surface area (Å²) in [5.41, 5.74) is 15.7. The maximum absolute atomic E-state index is 6.45. The van der Waals surface area contributed by atoms with Crippen LogP contribution in [0.4, 0.5) is 11.4 Å². The summed E-state index contributed by atoms with van der Waals surface area (Å²) in [6.07, 6.45) is 6.54. The van der Waals surface area contributed by atoms with Crippen molar-refractivity contribution in [2.75, 3.05) is 4.90 Å². The van der Waals surface area contributed by atoms with E-state index in [4.69, 9.17) is 4.74 Å². The van der Waals surface area contributed by atoms with Crippen LogP contribution in [0.3, 0.4) is 0 Å². The molecule has 0 fully saturated rings. The Bertz CT molecular complexity index is 3050. The van der Waals surface area contributed by atoms with Gasteiger partial charge < -0.3 is 9.64 Å². The average Bonchev–Trinajstić information content (AvgIpc) is 3.30. The largest absolute Gasteiger partial charge is 0.456 e. The lowest BCUT2D eigenvalue weighted by Gasteiger charge is -2.30. The van der Waals surface area contributed by atoms with Gasteiger partial charge in [0.25, 0.3) is 0 Å². The van der Waals surface area contributed by atoms with Crippen molar-refractivity contribution >= 4 is 38.5 Å². The summed E-state index contributed by atoms with van der Waals surface area (Å²) in [5, 5.41) is 4.95. The van der Waals surface area contributed by atoms with E-state index in [1.54, 1.807) is 0 Å². The van der Waals surface area contributed by atoms with Gasteiger partial charge in [-0.25, -0.2) is 0 Å². The third kappa shape index (κ3) is 6.07. The van der Waals surface area contributed by atoms with Crippen molar-refractivity contribution in [3.05, 3.63) is 224 Å². The van der Waals surface area contributed by atoms with Gasteiger partial charge in [-0.15, -0.1) is 0 Å². The number of rotatable bonds is 7. The van der Waals surface area contributed by atoms with Crippen LogP contribution in [0, 0.1) is 0 Å². The minimum atomic E-state index is 0.892. The first kappa shape index (κ1) is 33.9. The number of allylic oxidation sites excluding steroid dienone is 4. The first-order valence-electron chi connectivity index (χ1n) is 20.1. The van der Waals surface area contributed by atoms with Gasteiger partial charge in [0.15, 0.2) is 0 Å². The normalized spacial score (nSPS) is 13.0. The first-order valence-corrected chi connectivity index (χ1v) is 20.1. The Labute approximate surface area is 339 Å². The van der Waals surface area contributed by atoms with Crippen molar-refractivity contribution in [2.24, 2.45) is 0 Å². The minimum absolute atomic E-state index is 0.892. The number of nitrogens with zero attached hydrogens (tertiary/aromatic N) is 1. The minimum Gasteiger partial charge on any atom is -0.456 e. The van der Waals surface area contributed by atoms with Gasteiger partial charge in [-0.1, -0.05) is 164 Å². The van der Waals surface area contributed by atoms with Crippen LogP contribution < -0.4 is 9.64 Å². The molecular formula is C56H39NO. The van der Waals surface area contributed by atoms with Crippen LogP contribution in [0.15, 0.2) is 218 Å². The Balaban J connectivity index is 0.977. The van der Waals surface area contributed by atoms with E-state index in [-0.39, 0.29) is 0 Å². The SMILES string of the molecule is C1=C(c2cccc3ccccc23)CCC(N(c2ccc(-c3ccc(-c4ccccc4)cc3)cc2)c2cccc(-c3ccc4c(c3)-c3cccc5cccc(c35)O4)c2)=C1. The van der Waals surface area contributed by atoms with Crippen LogP contribution in [0.2, 0.25) is 0 Å². The molecule has 0 aromatic heterocycles. The van der Waals surface area contributed by atoms with E-state index in [0.717, 1.165) is 52.4 Å². The number of ether oxygens (including phenoxy) is 1. The summed E-state index contributed by atoms with van der Waals surface area (Å²) < 4.78 is 6.45. The van der Waals surface area contributed by atoms with Crippen LogP contribution in [0.25, 0.3) is 71.6 Å². The second kappa shape index (κ2) is 14.3. The molecule has 0 atom stereocenters. The molecule has 0 spiro atoms. The van der Waals surface area contributed by atoms with E-state index in [0.29, 0.717) is 0 Å². The van der Waals surface area contributed by atoms with E-state index < -0.39 is 0 Å². The molecule has 274 valence electrons. The molecule has 0 saturated heterocycles. The van der Waals surface area contributed by atoms with Crippen molar-refractivity contribution in [3.63, 3.8) is 0 Å². The Morgan fingerprint density at radius 1 is 0.362 bits per heavy atom. The molecule has 11 rings (SSSR count). The Kier molecular flexibility index (Phi) is 8.33. The molecule has 0 saturated carbocycles. The van der Waals surface area contributed by atoms with Gasteiger partial charge in [-0.2, -0.15) is 0 Å². The molecule has 0 bridgehead atoms. The molecule has 9 aromatic carbocycles. The molecule has 58 heavy (non-hydrogen) atoms. The molecule has 1 heterocycles. The number of fused-ring (bicyclic) bond motifs is 3. The van der Waals surface area contributed by atoms with Gasteiger partial charge in [-0.3, -0.25) is 0 Å². The molecule has 1 aliphatic carbocycles. The monoisotopic (exact) mass is 741 g/mol. The van der Waals surface area contributed by atoms with E-state index in [9.17, 15) is 0 Å². The van der Waals surface area contributed by atoms with Crippen LogP contribution in [-0.4, -0.2) is 0 Å². The zero-order valence-corrected chi connectivity index (χ0v) is 32.0. The zero-order chi connectivity index (χ0) is 38.4. The van der Waals surface area contributed by atoms with E-state index >= 15 is 0 Å². The second-order valence-corrected chi connectivity index (χ2v) is 15.2. The Hall–Kier alpha value is -7.42. The van der Waals surface area contributed by atoms with Crippen molar-refractivity contribution in [1.82, 2.24) is 0 Å². The highest BCUT2D eigenvalue weighted by molar-refractivity contribution is 6.04. The van der Waals surface area contributed by atoms with Gasteiger partial charge in [0, 0.05) is 28.0 Å². The smallest absolute Gasteiger partial charge is 0.135 e. The third-order valence-electron chi connectivity index (χ3n) is 11.8. The van der Waals surface area contributed by atoms with Crippen LogP contribution in [-0.2, 0) is 0 Å². The van der Waals surface area contributed by atoms with E-state index in [1.165, 1.54) is 66.2 Å². The zero-order valence-electron chi connectivity index (χ0n) is 32.0. The number of anilines is 2. The molecule has 1 aliphatic heterocycles. The standard InChI is InChI=1S/C56H39NO/c1-2-10-38(11-3-1)39-22-24-40(25-23-39)41-26-31-47(32-27-41)57(48-33-28-43(29-34-48)51-19-7-13-42-12-4-5-18-50(42)51)49-17-6-16-45(36-49)46-30-35-54-53(37-46)52-20-8-14-44-15-9-21-55(58-54)56(44)52/h1-28,30-33,35-37H,29,34H2. The summed E-state index contributed by atoms with van der Waals surface area (Å²) in [7, 11) is 0. The molecule has 0 N–H and O–H groups in total. The van der Waals surface area contributed by atoms with Crippen molar-refractivity contribution in [3.8, 4) is 56.0 Å². The number of hydrogen-bond acceptors (Lipinski definition) is 2. The van der Waals surface area contributed by atoms with Crippen molar-refractivity contribution in [1.29, 1.82) is 0 Å².